The monoisotopic (exact) mass is 844 g/mol. The van der Waals surface area contributed by atoms with Crippen LogP contribution in [0.2, 0.25) is 0 Å². The molecule has 0 saturated carbocycles. The first-order chi connectivity index (χ1) is 29.5. The minimum atomic E-state index is -0.798. The van der Waals surface area contributed by atoms with Gasteiger partial charge in [-0.3, -0.25) is 9.59 Å². The van der Waals surface area contributed by atoms with Crippen molar-refractivity contribution >= 4 is 11.9 Å². The molecule has 0 bridgehead atoms. The highest BCUT2D eigenvalue weighted by atomic mass is 16.5. The van der Waals surface area contributed by atoms with Crippen molar-refractivity contribution in [2.75, 3.05) is 6.61 Å². The Morgan fingerprint density at radius 1 is 0.483 bits per heavy atom. The predicted octanol–water partition coefficient (Wildman–Crippen LogP) is 15.7. The summed E-state index contributed by atoms with van der Waals surface area (Å²) in [6.45, 7) is 6.47. The molecule has 0 spiro atoms. The first-order valence-electron chi connectivity index (χ1n) is 26.2. The van der Waals surface area contributed by atoms with Crippen LogP contribution in [0.1, 0.15) is 271 Å². The molecule has 3 unspecified atom stereocenters. The van der Waals surface area contributed by atoms with Crippen LogP contribution >= 0.6 is 0 Å². The van der Waals surface area contributed by atoms with Gasteiger partial charge in [0.05, 0.1) is 25.2 Å². The number of hydrogen-bond acceptors (Lipinski definition) is 5. The van der Waals surface area contributed by atoms with Crippen LogP contribution in [0.4, 0.5) is 0 Å². The van der Waals surface area contributed by atoms with Crippen LogP contribution < -0.4 is 5.32 Å². The van der Waals surface area contributed by atoms with Gasteiger partial charge < -0.3 is 20.3 Å². The lowest BCUT2D eigenvalue weighted by atomic mass is 10.0. The summed E-state index contributed by atoms with van der Waals surface area (Å²) in [6, 6.07) is -0.714. The first kappa shape index (κ1) is 58.1. The predicted molar refractivity (Wildman–Crippen MR) is 259 cm³/mol. The number of rotatable bonds is 47. The molecular formula is C54H101NO5. The molecule has 60 heavy (non-hydrogen) atoms. The highest BCUT2D eigenvalue weighted by Crippen LogP contribution is 2.17. The molecule has 0 aromatic rings. The van der Waals surface area contributed by atoms with Gasteiger partial charge in [0, 0.05) is 6.42 Å². The summed E-state index contributed by atoms with van der Waals surface area (Å²) in [5.74, 6) is -0.561. The highest BCUT2D eigenvalue weighted by molar-refractivity contribution is 5.77. The summed E-state index contributed by atoms with van der Waals surface area (Å²) >= 11 is 0. The van der Waals surface area contributed by atoms with Crippen molar-refractivity contribution < 1.29 is 24.5 Å². The van der Waals surface area contributed by atoms with Crippen LogP contribution in [0.5, 0.6) is 0 Å². The van der Waals surface area contributed by atoms with E-state index in [0.29, 0.717) is 19.3 Å². The molecule has 6 heteroatoms. The SMILES string of the molecule is CCCCCCCC/C=C\C/C=C/CCC(=O)OC(CCCCC/C=C/CCCCCCCCC)CC(=O)NC(CO)C(O)CCCCCCCCCCCCCCCC. The molecule has 3 atom stereocenters. The average molecular weight is 844 g/mol. The van der Waals surface area contributed by atoms with E-state index in [4.69, 9.17) is 4.74 Å². The number of carbonyl (C=O) groups is 2. The van der Waals surface area contributed by atoms with E-state index in [9.17, 15) is 19.8 Å². The van der Waals surface area contributed by atoms with Crippen molar-refractivity contribution in [2.45, 2.75) is 289 Å². The van der Waals surface area contributed by atoms with Crippen LogP contribution in [0.25, 0.3) is 0 Å². The third kappa shape index (κ3) is 42.8. The zero-order valence-corrected chi connectivity index (χ0v) is 40.1. The number of amides is 1. The Balaban J connectivity index is 4.64. The fraction of sp³-hybridized carbons (Fsp3) is 0.852. The number of aliphatic hydroxyl groups is 2. The molecule has 0 radical (unpaired) electrons. The van der Waals surface area contributed by atoms with Gasteiger partial charge in [-0.15, -0.1) is 0 Å². The Hall–Kier alpha value is -1.92. The standard InChI is InChI=1S/C54H101NO5/c1-4-7-10-13-16-19-22-25-28-30-33-36-39-42-45-50(60-54(59)47-44-41-38-35-32-27-24-21-18-15-12-9-6-3)48-53(58)55-51(49-56)52(57)46-43-40-37-34-31-29-26-23-20-17-14-11-8-5-2/h27-28,30,32,38,41,50-52,56-57H,4-26,29,31,33-37,39-40,42-49H2,1-3H3,(H,55,58)/b30-28+,32-27-,41-38+. The molecule has 1 amide bonds. The summed E-state index contributed by atoms with van der Waals surface area (Å²) in [4.78, 5) is 26.1. The van der Waals surface area contributed by atoms with Crippen molar-refractivity contribution in [1.82, 2.24) is 5.32 Å². The van der Waals surface area contributed by atoms with Crippen molar-refractivity contribution in [2.24, 2.45) is 0 Å². The van der Waals surface area contributed by atoms with Gasteiger partial charge in [-0.25, -0.2) is 0 Å². The molecule has 0 aromatic heterocycles. The fourth-order valence-electron chi connectivity index (χ4n) is 7.95. The summed E-state index contributed by atoms with van der Waals surface area (Å²) in [7, 11) is 0. The minimum absolute atomic E-state index is 0.0470. The Kier molecular flexibility index (Phi) is 46.6. The maximum atomic E-state index is 13.2. The molecule has 0 rings (SSSR count). The van der Waals surface area contributed by atoms with Gasteiger partial charge in [0.25, 0.3) is 0 Å². The van der Waals surface area contributed by atoms with Crippen molar-refractivity contribution in [1.29, 1.82) is 0 Å². The molecule has 352 valence electrons. The number of allylic oxidation sites excluding steroid dienone is 6. The summed E-state index contributed by atoms with van der Waals surface area (Å²) in [5.41, 5.74) is 0. The fourth-order valence-corrected chi connectivity index (χ4v) is 7.95. The van der Waals surface area contributed by atoms with Crippen LogP contribution in [-0.4, -0.2) is 46.9 Å². The van der Waals surface area contributed by atoms with Gasteiger partial charge in [-0.1, -0.05) is 224 Å². The van der Waals surface area contributed by atoms with Gasteiger partial charge in [0.15, 0.2) is 0 Å². The Labute approximate surface area is 373 Å². The van der Waals surface area contributed by atoms with E-state index in [1.807, 2.05) is 6.08 Å². The van der Waals surface area contributed by atoms with Crippen LogP contribution in [-0.2, 0) is 14.3 Å². The normalized spacial score (nSPS) is 13.5. The van der Waals surface area contributed by atoms with Crippen LogP contribution in [0.3, 0.4) is 0 Å². The summed E-state index contributed by atoms with van der Waals surface area (Å²) < 4.78 is 5.89. The van der Waals surface area contributed by atoms with Gasteiger partial charge >= 0.3 is 5.97 Å². The molecular weight excluding hydrogens is 743 g/mol. The van der Waals surface area contributed by atoms with Crippen LogP contribution in [0, 0.1) is 0 Å². The van der Waals surface area contributed by atoms with Gasteiger partial charge in [-0.2, -0.15) is 0 Å². The lowest BCUT2D eigenvalue weighted by Gasteiger charge is -2.24. The molecule has 0 aliphatic carbocycles. The quantitative estimate of drug-likeness (QED) is 0.0322. The Bertz CT molecular complexity index is 993. The lowest BCUT2D eigenvalue weighted by Crippen LogP contribution is -2.46. The molecule has 0 fully saturated rings. The van der Waals surface area contributed by atoms with E-state index in [-0.39, 0.29) is 31.3 Å². The number of unbranched alkanes of at least 4 members (excludes halogenated alkanes) is 29. The summed E-state index contributed by atoms with van der Waals surface area (Å²) in [6.07, 6.45) is 56.4. The van der Waals surface area contributed by atoms with E-state index in [2.05, 4.69) is 56.5 Å². The smallest absolute Gasteiger partial charge is 0.306 e. The maximum Gasteiger partial charge on any atom is 0.306 e. The maximum absolute atomic E-state index is 13.2. The second-order valence-electron chi connectivity index (χ2n) is 17.9. The van der Waals surface area contributed by atoms with E-state index < -0.39 is 18.2 Å². The largest absolute Gasteiger partial charge is 0.462 e. The lowest BCUT2D eigenvalue weighted by molar-refractivity contribution is -0.150. The molecule has 3 N–H and O–H groups in total. The van der Waals surface area contributed by atoms with Gasteiger partial charge in [-0.05, 0) is 70.6 Å². The van der Waals surface area contributed by atoms with Crippen LogP contribution in [0.15, 0.2) is 36.5 Å². The molecule has 0 saturated heterocycles. The highest BCUT2D eigenvalue weighted by Gasteiger charge is 2.24. The minimum Gasteiger partial charge on any atom is -0.462 e. The second-order valence-corrected chi connectivity index (χ2v) is 17.9. The zero-order valence-electron chi connectivity index (χ0n) is 40.1. The van der Waals surface area contributed by atoms with E-state index in [1.165, 1.54) is 154 Å². The molecule has 0 aromatic carbocycles. The number of carbonyl (C=O) groups excluding carboxylic acids is 2. The van der Waals surface area contributed by atoms with E-state index >= 15 is 0 Å². The number of nitrogens with one attached hydrogen (secondary N) is 1. The second kappa shape index (κ2) is 48.1. The molecule has 0 heterocycles. The van der Waals surface area contributed by atoms with Gasteiger partial charge in [0.1, 0.15) is 6.10 Å². The topological polar surface area (TPSA) is 95.9 Å². The van der Waals surface area contributed by atoms with Crippen molar-refractivity contribution in [3.8, 4) is 0 Å². The molecule has 6 nitrogen and oxygen atoms in total. The third-order valence-electron chi connectivity index (χ3n) is 12.0. The Morgan fingerprint density at radius 2 is 0.850 bits per heavy atom. The molecule has 0 aliphatic heterocycles. The number of hydrogen-bond donors (Lipinski definition) is 3. The zero-order chi connectivity index (χ0) is 43.8. The van der Waals surface area contributed by atoms with Crippen molar-refractivity contribution in [3.05, 3.63) is 36.5 Å². The molecule has 0 aliphatic rings. The van der Waals surface area contributed by atoms with E-state index in [0.717, 1.165) is 64.2 Å². The number of ether oxygens (including phenoxy) is 1. The first-order valence-corrected chi connectivity index (χ1v) is 26.2. The Morgan fingerprint density at radius 3 is 1.30 bits per heavy atom. The number of aliphatic hydroxyl groups excluding tert-OH is 2. The third-order valence-corrected chi connectivity index (χ3v) is 12.0. The number of esters is 1. The average Bonchev–Trinajstić information content (AvgIpc) is 3.24. The van der Waals surface area contributed by atoms with Crippen molar-refractivity contribution in [3.63, 3.8) is 0 Å². The summed E-state index contributed by atoms with van der Waals surface area (Å²) in [5, 5.41) is 23.8. The van der Waals surface area contributed by atoms with Gasteiger partial charge in [0.2, 0.25) is 5.91 Å². The van der Waals surface area contributed by atoms with E-state index in [1.54, 1.807) is 0 Å².